The summed E-state index contributed by atoms with van der Waals surface area (Å²) in [4.78, 5) is 15.2. The van der Waals surface area contributed by atoms with E-state index in [1.165, 1.54) is 0 Å². The molecule has 2 unspecified atom stereocenters. The third kappa shape index (κ3) is 5.11. The number of likely N-dealkylation sites (tertiary alicyclic amines) is 1. The number of amides is 1. The number of benzene rings is 2. The van der Waals surface area contributed by atoms with E-state index in [0.717, 1.165) is 11.3 Å². The number of fused-ring (bicyclic) bond motifs is 1. The van der Waals surface area contributed by atoms with Crippen LogP contribution in [0.4, 0.5) is 0 Å². The molecular formula is C28H37NO6. The number of piperidine rings is 1. The van der Waals surface area contributed by atoms with Gasteiger partial charge in [-0.3, -0.25) is 4.79 Å². The first-order chi connectivity index (χ1) is 16.8. The standard InChI is InChI=1S/C28H37NO6/c1-18(2)33-23-12-11-20(17-24(23)31-5)27(30)29-15-13-28(14-16-29)26(32-6)25(34-19(3)4)21-9-7-8-10-22(21)35-28/h7-12,17-19,25-26H,13-16H2,1-6H3. The number of hydrogen-bond donors (Lipinski definition) is 0. The zero-order valence-corrected chi connectivity index (χ0v) is 21.6. The molecule has 0 saturated carbocycles. The number of hydrogen-bond acceptors (Lipinski definition) is 6. The first-order valence-electron chi connectivity index (χ1n) is 12.4. The fraction of sp³-hybridized carbons (Fsp3) is 0.536. The van der Waals surface area contributed by atoms with E-state index in [4.69, 9.17) is 23.7 Å². The molecule has 2 aliphatic heterocycles. The van der Waals surface area contributed by atoms with Crippen molar-refractivity contribution in [1.82, 2.24) is 4.90 Å². The lowest BCUT2D eigenvalue weighted by Gasteiger charge is -2.51. The van der Waals surface area contributed by atoms with Gasteiger partial charge in [-0.2, -0.15) is 0 Å². The van der Waals surface area contributed by atoms with Crippen LogP contribution in [0.25, 0.3) is 0 Å². The summed E-state index contributed by atoms with van der Waals surface area (Å²) in [5.41, 5.74) is 1.02. The molecule has 0 radical (unpaired) electrons. The topological polar surface area (TPSA) is 66.5 Å². The smallest absolute Gasteiger partial charge is 0.253 e. The lowest BCUT2D eigenvalue weighted by Crippen LogP contribution is -2.60. The summed E-state index contributed by atoms with van der Waals surface area (Å²) in [6.45, 7) is 9.09. The maximum absolute atomic E-state index is 13.4. The zero-order valence-electron chi connectivity index (χ0n) is 21.6. The molecule has 2 aromatic rings. The van der Waals surface area contributed by atoms with Crippen LogP contribution in [0.5, 0.6) is 17.2 Å². The number of rotatable bonds is 7. The van der Waals surface area contributed by atoms with Crippen molar-refractivity contribution < 1.29 is 28.5 Å². The molecule has 1 fully saturated rings. The predicted octanol–water partition coefficient (Wildman–Crippen LogP) is 5.03. The van der Waals surface area contributed by atoms with Gasteiger partial charge in [0.2, 0.25) is 0 Å². The van der Waals surface area contributed by atoms with E-state index >= 15 is 0 Å². The average Bonchev–Trinajstić information content (AvgIpc) is 2.84. The highest BCUT2D eigenvalue weighted by Crippen LogP contribution is 2.47. The lowest BCUT2D eigenvalue weighted by atomic mass is 9.78. The van der Waals surface area contributed by atoms with Gasteiger partial charge in [0, 0.05) is 44.2 Å². The molecule has 1 saturated heterocycles. The van der Waals surface area contributed by atoms with Gasteiger partial charge in [-0.05, 0) is 52.0 Å². The molecule has 7 nitrogen and oxygen atoms in total. The summed E-state index contributed by atoms with van der Waals surface area (Å²) >= 11 is 0. The summed E-state index contributed by atoms with van der Waals surface area (Å²) in [5.74, 6) is 1.98. The third-order valence-corrected chi connectivity index (χ3v) is 6.68. The molecule has 2 aliphatic rings. The van der Waals surface area contributed by atoms with E-state index in [9.17, 15) is 4.79 Å². The fourth-order valence-electron chi connectivity index (χ4n) is 5.11. The van der Waals surface area contributed by atoms with Gasteiger partial charge in [-0.1, -0.05) is 18.2 Å². The maximum Gasteiger partial charge on any atom is 0.253 e. The molecule has 1 amide bonds. The summed E-state index contributed by atoms with van der Waals surface area (Å²) in [6, 6.07) is 13.4. The van der Waals surface area contributed by atoms with Crippen molar-refractivity contribution in [2.24, 2.45) is 0 Å². The Balaban J connectivity index is 1.53. The largest absolute Gasteiger partial charge is 0.493 e. The van der Waals surface area contributed by atoms with Gasteiger partial charge in [-0.25, -0.2) is 0 Å². The summed E-state index contributed by atoms with van der Waals surface area (Å²) < 4.78 is 30.3. The number of para-hydroxylation sites is 1. The van der Waals surface area contributed by atoms with Crippen LogP contribution in [0.15, 0.2) is 42.5 Å². The molecule has 0 aromatic heterocycles. The third-order valence-electron chi connectivity index (χ3n) is 6.68. The van der Waals surface area contributed by atoms with Crippen molar-refractivity contribution >= 4 is 5.91 Å². The van der Waals surface area contributed by atoms with Crippen LogP contribution >= 0.6 is 0 Å². The Kier molecular flexibility index (Phi) is 7.57. The van der Waals surface area contributed by atoms with Crippen LogP contribution in [-0.4, -0.2) is 62.0 Å². The van der Waals surface area contributed by atoms with Crippen molar-refractivity contribution in [1.29, 1.82) is 0 Å². The quantitative estimate of drug-likeness (QED) is 0.550. The van der Waals surface area contributed by atoms with Gasteiger partial charge in [-0.15, -0.1) is 0 Å². The van der Waals surface area contributed by atoms with Crippen LogP contribution < -0.4 is 14.2 Å². The highest BCUT2D eigenvalue weighted by molar-refractivity contribution is 5.95. The molecule has 4 rings (SSSR count). The molecule has 2 atom stereocenters. The van der Waals surface area contributed by atoms with Gasteiger partial charge in [0.1, 0.15) is 23.6 Å². The molecule has 2 aromatic carbocycles. The zero-order chi connectivity index (χ0) is 25.2. The number of ether oxygens (including phenoxy) is 5. The molecule has 1 spiro atoms. The number of methoxy groups -OCH3 is 2. The van der Waals surface area contributed by atoms with Crippen molar-refractivity contribution in [3.63, 3.8) is 0 Å². The Hall–Kier alpha value is -2.77. The Morgan fingerprint density at radius 2 is 1.71 bits per heavy atom. The Labute approximate surface area is 208 Å². The lowest BCUT2D eigenvalue weighted by molar-refractivity contribution is -0.185. The predicted molar refractivity (Wildman–Crippen MR) is 133 cm³/mol. The Morgan fingerprint density at radius 1 is 1.00 bits per heavy atom. The molecule has 35 heavy (non-hydrogen) atoms. The molecule has 2 heterocycles. The van der Waals surface area contributed by atoms with Gasteiger partial charge in [0.05, 0.1) is 19.3 Å². The minimum absolute atomic E-state index is 0.0154. The monoisotopic (exact) mass is 483 g/mol. The van der Waals surface area contributed by atoms with Crippen LogP contribution in [0.1, 0.15) is 62.6 Å². The van der Waals surface area contributed by atoms with Crippen LogP contribution in [0.3, 0.4) is 0 Å². The highest BCUT2D eigenvalue weighted by atomic mass is 16.6. The van der Waals surface area contributed by atoms with Crippen molar-refractivity contribution in [3.05, 3.63) is 53.6 Å². The summed E-state index contributed by atoms with van der Waals surface area (Å²) in [7, 11) is 3.30. The SMILES string of the molecule is COc1cc(C(=O)N2CCC3(CC2)Oc2ccccc2C(OC(C)C)C3OC)ccc1OC(C)C. The highest BCUT2D eigenvalue weighted by Gasteiger charge is 2.53. The van der Waals surface area contributed by atoms with Crippen molar-refractivity contribution in [2.45, 2.75) is 70.6 Å². The number of carbonyl (C=O) groups excluding carboxylic acids is 1. The molecule has 190 valence electrons. The minimum Gasteiger partial charge on any atom is -0.493 e. The Bertz CT molecular complexity index is 1030. The Morgan fingerprint density at radius 3 is 2.34 bits per heavy atom. The van der Waals surface area contributed by atoms with E-state index in [1.54, 1.807) is 32.4 Å². The first kappa shape index (κ1) is 25.3. The molecule has 0 aliphatic carbocycles. The van der Waals surface area contributed by atoms with Crippen molar-refractivity contribution in [2.75, 3.05) is 27.3 Å². The minimum atomic E-state index is -0.563. The average molecular weight is 484 g/mol. The van der Waals surface area contributed by atoms with Gasteiger partial charge < -0.3 is 28.6 Å². The molecule has 0 bridgehead atoms. The van der Waals surface area contributed by atoms with Crippen LogP contribution in [-0.2, 0) is 9.47 Å². The van der Waals surface area contributed by atoms with E-state index in [1.807, 2.05) is 56.9 Å². The first-order valence-corrected chi connectivity index (χ1v) is 12.4. The second-order valence-electron chi connectivity index (χ2n) is 9.79. The van der Waals surface area contributed by atoms with Gasteiger partial charge in [0.25, 0.3) is 5.91 Å². The summed E-state index contributed by atoms with van der Waals surface area (Å²) in [5, 5.41) is 0. The van der Waals surface area contributed by atoms with E-state index < -0.39 is 5.60 Å². The van der Waals surface area contributed by atoms with E-state index in [-0.39, 0.29) is 30.3 Å². The van der Waals surface area contributed by atoms with E-state index in [2.05, 4.69) is 0 Å². The summed E-state index contributed by atoms with van der Waals surface area (Å²) in [6.07, 6.45) is 0.848. The van der Waals surface area contributed by atoms with Gasteiger partial charge in [0.15, 0.2) is 11.5 Å². The van der Waals surface area contributed by atoms with Crippen LogP contribution in [0.2, 0.25) is 0 Å². The number of nitrogens with zero attached hydrogens (tertiary/aromatic N) is 1. The van der Waals surface area contributed by atoms with E-state index in [0.29, 0.717) is 43.0 Å². The molecular weight excluding hydrogens is 446 g/mol. The molecule has 0 N–H and O–H groups in total. The van der Waals surface area contributed by atoms with Crippen LogP contribution in [0, 0.1) is 0 Å². The molecule has 7 heteroatoms. The normalized spacial score (nSPS) is 21.1. The van der Waals surface area contributed by atoms with Crippen molar-refractivity contribution in [3.8, 4) is 17.2 Å². The van der Waals surface area contributed by atoms with Gasteiger partial charge >= 0.3 is 0 Å². The maximum atomic E-state index is 13.4. The second-order valence-corrected chi connectivity index (χ2v) is 9.79. The fourth-order valence-corrected chi connectivity index (χ4v) is 5.11. The second kappa shape index (κ2) is 10.5. The number of carbonyl (C=O) groups is 1.